The normalized spacial score (nSPS) is 17.8. The summed E-state index contributed by atoms with van der Waals surface area (Å²) in [5.74, 6) is 0.419. The average molecular weight is 488 g/mol. The second kappa shape index (κ2) is 9.70. The van der Waals surface area contributed by atoms with Gasteiger partial charge in [-0.05, 0) is 29.8 Å². The van der Waals surface area contributed by atoms with Gasteiger partial charge in [0.15, 0.2) is 0 Å². The Morgan fingerprint density at radius 2 is 1.84 bits per heavy atom. The maximum atomic E-state index is 13.1. The maximum Gasteiger partial charge on any atom is 0.255 e. The molecule has 0 spiro atoms. The first kappa shape index (κ1) is 22.3. The molecule has 10 heteroatoms. The van der Waals surface area contributed by atoms with E-state index in [1.807, 2.05) is 18.2 Å². The molecule has 1 aromatic carbocycles. The molecular weight excluding hydrogens is 471 g/mol. The monoisotopic (exact) mass is 486 g/mol. The fraction of sp³-hybridized carbons (Fsp3) is 0.227. The standard InChI is InChI=1S/C22H17Cl3N6O/c23-16-9-29-22(30-10-16)28-8-15-11-31(21(32)14-1-3-17(6-26)27-7-14)12-18(15)13-2-4-19(24)20(25)5-13/h1-5,7,9-10,15,18H,8,11-12H2,(H,28,29,30)/t15-,18+/m0/s1. The highest BCUT2D eigenvalue weighted by Gasteiger charge is 2.36. The van der Waals surface area contributed by atoms with Gasteiger partial charge in [-0.15, -0.1) is 0 Å². The Hall–Kier alpha value is -2.92. The number of carbonyl (C=O) groups excluding carboxylic acids is 1. The molecule has 7 nitrogen and oxygen atoms in total. The highest BCUT2D eigenvalue weighted by molar-refractivity contribution is 6.42. The number of hydrogen-bond donors (Lipinski definition) is 1. The minimum Gasteiger partial charge on any atom is -0.354 e. The largest absolute Gasteiger partial charge is 0.354 e. The lowest BCUT2D eigenvalue weighted by Gasteiger charge is -2.19. The van der Waals surface area contributed by atoms with Gasteiger partial charge in [0.25, 0.3) is 5.91 Å². The molecule has 3 aromatic rings. The minimum absolute atomic E-state index is 0.0276. The minimum atomic E-state index is -0.141. The zero-order chi connectivity index (χ0) is 22.7. The molecule has 1 aliphatic heterocycles. The molecule has 0 radical (unpaired) electrons. The third kappa shape index (κ3) is 4.94. The molecule has 4 rings (SSSR count). The van der Waals surface area contributed by atoms with Crippen LogP contribution in [0.3, 0.4) is 0 Å². The summed E-state index contributed by atoms with van der Waals surface area (Å²) in [4.78, 5) is 27.2. The van der Waals surface area contributed by atoms with Gasteiger partial charge < -0.3 is 10.2 Å². The van der Waals surface area contributed by atoms with E-state index in [9.17, 15) is 4.79 Å². The number of likely N-dealkylation sites (tertiary alicyclic amines) is 1. The van der Waals surface area contributed by atoms with Crippen LogP contribution in [0.4, 0.5) is 5.95 Å². The van der Waals surface area contributed by atoms with Gasteiger partial charge in [-0.1, -0.05) is 40.9 Å². The van der Waals surface area contributed by atoms with E-state index in [4.69, 9.17) is 40.1 Å². The van der Waals surface area contributed by atoms with Gasteiger partial charge in [0.05, 0.1) is 33.0 Å². The number of halogens is 3. The van der Waals surface area contributed by atoms with Crippen molar-refractivity contribution in [3.8, 4) is 6.07 Å². The van der Waals surface area contributed by atoms with Crippen molar-refractivity contribution in [1.29, 1.82) is 5.26 Å². The molecule has 32 heavy (non-hydrogen) atoms. The number of pyridine rings is 1. The molecule has 1 N–H and O–H groups in total. The SMILES string of the molecule is N#Cc1ccc(C(=O)N2C[C@H](CNc3ncc(Cl)cn3)[C@@H](c3ccc(Cl)c(Cl)c3)C2)cn1. The third-order valence-corrected chi connectivity index (χ3v) is 6.30. The summed E-state index contributed by atoms with van der Waals surface area (Å²) in [5, 5.41) is 13.6. The van der Waals surface area contributed by atoms with Gasteiger partial charge in [0, 0.05) is 37.7 Å². The number of amides is 1. The topological polar surface area (TPSA) is 94.8 Å². The molecule has 0 bridgehead atoms. The van der Waals surface area contributed by atoms with Crippen LogP contribution in [-0.2, 0) is 0 Å². The number of aromatic nitrogens is 3. The van der Waals surface area contributed by atoms with Crippen LogP contribution in [0.1, 0.15) is 27.5 Å². The maximum absolute atomic E-state index is 13.1. The lowest BCUT2D eigenvalue weighted by molar-refractivity contribution is 0.0786. The van der Waals surface area contributed by atoms with Crippen molar-refractivity contribution in [3.05, 3.63) is 80.8 Å². The first-order chi connectivity index (χ1) is 15.4. The summed E-state index contributed by atoms with van der Waals surface area (Å²) in [6, 6.07) is 10.7. The highest BCUT2D eigenvalue weighted by atomic mass is 35.5. The molecule has 3 heterocycles. The van der Waals surface area contributed by atoms with E-state index in [-0.39, 0.29) is 23.4 Å². The highest BCUT2D eigenvalue weighted by Crippen LogP contribution is 2.36. The Morgan fingerprint density at radius 3 is 2.50 bits per heavy atom. The van der Waals surface area contributed by atoms with E-state index < -0.39 is 0 Å². The lowest BCUT2D eigenvalue weighted by Crippen LogP contribution is -2.30. The Balaban J connectivity index is 1.56. The summed E-state index contributed by atoms with van der Waals surface area (Å²) in [6.45, 7) is 1.57. The van der Waals surface area contributed by atoms with Crippen molar-refractivity contribution in [1.82, 2.24) is 19.9 Å². The van der Waals surface area contributed by atoms with E-state index in [1.165, 1.54) is 24.7 Å². The second-order valence-corrected chi connectivity index (χ2v) is 8.65. The molecule has 2 atom stereocenters. The van der Waals surface area contributed by atoms with Crippen LogP contribution in [0, 0.1) is 17.2 Å². The zero-order valence-corrected chi connectivity index (χ0v) is 18.9. The van der Waals surface area contributed by atoms with Crippen LogP contribution in [0.2, 0.25) is 15.1 Å². The first-order valence-electron chi connectivity index (χ1n) is 9.76. The van der Waals surface area contributed by atoms with Crippen molar-refractivity contribution < 1.29 is 4.79 Å². The Kier molecular flexibility index (Phi) is 6.75. The van der Waals surface area contributed by atoms with Crippen LogP contribution < -0.4 is 5.32 Å². The summed E-state index contributed by atoms with van der Waals surface area (Å²) in [6.07, 6.45) is 4.48. The molecule has 162 valence electrons. The molecule has 0 aliphatic carbocycles. The lowest BCUT2D eigenvalue weighted by atomic mass is 9.89. The van der Waals surface area contributed by atoms with Crippen LogP contribution in [-0.4, -0.2) is 45.4 Å². The van der Waals surface area contributed by atoms with E-state index in [2.05, 4.69) is 20.3 Å². The Morgan fingerprint density at radius 1 is 1.06 bits per heavy atom. The fourth-order valence-corrected chi connectivity index (χ4v) is 4.16. The number of carbonyl (C=O) groups is 1. The molecular formula is C22H17Cl3N6O. The Bertz CT molecular complexity index is 1160. The van der Waals surface area contributed by atoms with E-state index >= 15 is 0 Å². The second-order valence-electron chi connectivity index (χ2n) is 7.40. The van der Waals surface area contributed by atoms with Crippen molar-refractivity contribution >= 4 is 46.7 Å². The van der Waals surface area contributed by atoms with E-state index in [1.54, 1.807) is 17.0 Å². The van der Waals surface area contributed by atoms with Crippen LogP contribution >= 0.6 is 34.8 Å². The van der Waals surface area contributed by atoms with E-state index in [0.717, 1.165) is 5.56 Å². The van der Waals surface area contributed by atoms with Crippen LogP contribution in [0.25, 0.3) is 0 Å². The van der Waals surface area contributed by atoms with Crippen molar-refractivity contribution in [3.63, 3.8) is 0 Å². The number of hydrogen-bond acceptors (Lipinski definition) is 6. The molecule has 0 unspecified atom stereocenters. The predicted octanol–water partition coefficient (Wildman–Crippen LogP) is 4.67. The summed E-state index contributed by atoms with van der Waals surface area (Å²) >= 11 is 18.2. The van der Waals surface area contributed by atoms with Crippen molar-refractivity contribution in [2.24, 2.45) is 5.92 Å². The third-order valence-electron chi connectivity index (χ3n) is 5.37. The van der Waals surface area contributed by atoms with Gasteiger partial charge in [0.1, 0.15) is 11.8 Å². The number of nitrogens with zero attached hydrogens (tertiary/aromatic N) is 5. The van der Waals surface area contributed by atoms with Crippen LogP contribution in [0.15, 0.2) is 48.9 Å². The summed E-state index contributed by atoms with van der Waals surface area (Å²) < 4.78 is 0. The van der Waals surface area contributed by atoms with Gasteiger partial charge >= 0.3 is 0 Å². The van der Waals surface area contributed by atoms with Crippen molar-refractivity contribution in [2.45, 2.75) is 5.92 Å². The van der Waals surface area contributed by atoms with Crippen molar-refractivity contribution in [2.75, 3.05) is 25.0 Å². The van der Waals surface area contributed by atoms with Gasteiger partial charge in [-0.25, -0.2) is 15.0 Å². The fourth-order valence-electron chi connectivity index (χ4n) is 3.76. The molecule has 2 aromatic heterocycles. The molecule has 1 aliphatic rings. The smallest absolute Gasteiger partial charge is 0.255 e. The molecule has 0 saturated carbocycles. The Labute approximate surface area is 200 Å². The number of nitriles is 1. The van der Waals surface area contributed by atoms with E-state index in [0.29, 0.717) is 46.2 Å². The summed E-state index contributed by atoms with van der Waals surface area (Å²) in [5.41, 5.74) is 1.70. The molecule has 1 fully saturated rings. The number of anilines is 1. The number of rotatable bonds is 5. The van der Waals surface area contributed by atoms with Crippen LogP contribution in [0.5, 0.6) is 0 Å². The number of nitrogens with one attached hydrogen (secondary N) is 1. The average Bonchev–Trinajstić information content (AvgIpc) is 3.24. The van der Waals surface area contributed by atoms with Gasteiger partial charge in [0.2, 0.25) is 5.95 Å². The zero-order valence-electron chi connectivity index (χ0n) is 16.7. The number of benzene rings is 1. The first-order valence-corrected chi connectivity index (χ1v) is 10.9. The molecule has 1 amide bonds. The predicted molar refractivity (Wildman–Crippen MR) is 123 cm³/mol. The molecule has 1 saturated heterocycles. The summed E-state index contributed by atoms with van der Waals surface area (Å²) in [7, 11) is 0. The van der Waals surface area contributed by atoms with Gasteiger partial charge in [-0.3, -0.25) is 4.79 Å². The van der Waals surface area contributed by atoms with Gasteiger partial charge in [-0.2, -0.15) is 5.26 Å². The quantitative estimate of drug-likeness (QED) is 0.562.